The second-order valence-corrected chi connectivity index (χ2v) is 4.39. The number of hydrogen-bond donors (Lipinski definition) is 0. The van der Waals surface area contributed by atoms with Gasteiger partial charge in [-0.2, -0.15) is 0 Å². The monoisotopic (exact) mass is 202 g/mol. The summed E-state index contributed by atoms with van der Waals surface area (Å²) in [5.74, 6) is 0.704. The van der Waals surface area contributed by atoms with Crippen molar-refractivity contribution in [3.63, 3.8) is 0 Å². The Kier molecular flexibility index (Phi) is 3.54. The van der Waals surface area contributed by atoms with E-state index in [0.717, 1.165) is 19.1 Å². The summed E-state index contributed by atoms with van der Waals surface area (Å²) in [6.07, 6.45) is 7.82. The van der Waals surface area contributed by atoms with Gasteiger partial charge in [-0.25, -0.2) is 0 Å². The van der Waals surface area contributed by atoms with Crippen LogP contribution in [0.2, 0.25) is 0 Å². The molecule has 0 bridgehead atoms. The Balaban J connectivity index is 2.05. The smallest absolute Gasteiger partial charge is 0.119 e. The number of benzene rings is 1. The Morgan fingerprint density at radius 3 is 3.07 bits per heavy atom. The van der Waals surface area contributed by atoms with Gasteiger partial charge in [-0.3, -0.25) is 0 Å². The van der Waals surface area contributed by atoms with E-state index < -0.39 is 0 Å². The van der Waals surface area contributed by atoms with Crippen molar-refractivity contribution < 1.29 is 4.79 Å². The molecular formula is C14H18O. The van der Waals surface area contributed by atoms with E-state index in [9.17, 15) is 4.79 Å². The van der Waals surface area contributed by atoms with Gasteiger partial charge in [-0.05, 0) is 49.1 Å². The van der Waals surface area contributed by atoms with Crippen LogP contribution in [0.1, 0.15) is 49.1 Å². The van der Waals surface area contributed by atoms with Crippen LogP contribution in [0, 0.1) is 0 Å². The van der Waals surface area contributed by atoms with Gasteiger partial charge in [0.05, 0.1) is 0 Å². The van der Waals surface area contributed by atoms with E-state index in [4.69, 9.17) is 0 Å². The lowest BCUT2D eigenvalue weighted by Gasteiger charge is -2.25. The predicted octanol–water partition coefficient (Wildman–Crippen LogP) is 3.48. The van der Waals surface area contributed by atoms with E-state index in [1.54, 1.807) is 0 Å². The quantitative estimate of drug-likeness (QED) is 0.539. The molecule has 0 saturated heterocycles. The van der Waals surface area contributed by atoms with E-state index in [1.165, 1.54) is 36.8 Å². The SMILES string of the molecule is O=CCCCC1CCCc2ccccc21. The van der Waals surface area contributed by atoms with Crippen LogP contribution in [0.25, 0.3) is 0 Å². The lowest BCUT2D eigenvalue weighted by molar-refractivity contribution is -0.107. The molecule has 0 N–H and O–H groups in total. The summed E-state index contributed by atoms with van der Waals surface area (Å²) in [7, 11) is 0. The van der Waals surface area contributed by atoms with Crippen LogP contribution in [0.3, 0.4) is 0 Å². The van der Waals surface area contributed by atoms with Gasteiger partial charge in [-0.1, -0.05) is 24.3 Å². The third kappa shape index (κ3) is 2.47. The van der Waals surface area contributed by atoms with Crippen LogP contribution >= 0.6 is 0 Å². The summed E-state index contributed by atoms with van der Waals surface area (Å²) in [6.45, 7) is 0. The third-order valence-corrected chi connectivity index (χ3v) is 3.37. The van der Waals surface area contributed by atoms with Crippen molar-refractivity contribution in [3.8, 4) is 0 Å². The minimum Gasteiger partial charge on any atom is -0.303 e. The lowest BCUT2D eigenvalue weighted by Crippen LogP contribution is -2.09. The molecule has 1 aliphatic carbocycles. The van der Waals surface area contributed by atoms with Crippen molar-refractivity contribution in [2.75, 3.05) is 0 Å². The van der Waals surface area contributed by atoms with Crippen LogP contribution < -0.4 is 0 Å². The number of hydrogen-bond acceptors (Lipinski definition) is 1. The van der Waals surface area contributed by atoms with E-state index in [-0.39, 0.29) is 0 Å². The molecule has 80 valence electrons. The van der Waals surface area contributed by atoms with Gasteiger partial charge in [0.25, 0.3) is 0 Å². The van der Waals surface area contributed by atoms with Crippen LogP contribution in [-0.4, -0.2) is 6.29 Å². The maximum Gasteiger partial charge on any atom is 0.119 e. The van der Waals surface area contributed by atoms with Crippen molar-refractivity contribution in [1.29, 1.82) is 0 Å². The second kappa shape index (κ2) is 5.11. The minimum absolute atomic E-state index is 0.704. The van der Waals surface area contributed by atoms with Crippen LogP contribution in [0.5, 0.6) is 0 Å². The van der Waals surface area contributed by atoms with E-state index in [2.05, 4.69) is 24.3 Å². The first-order valence-corrected chi connectivity index (χ1v) is 5.93. The Labute approximate surface area is 91.5 Å². The van der Waals surface area contributed by atoms with Crippen LogP contribution in [-0.2, 0) is 11.2 Å². The Bertz CT molecular complexity index is 330. The van der Waals surface area contributed by atoms with Crippen molar-refractivity contribution in [2.24, 2.45) is 0 Å². The molecule has 1 unspecified atom stereocenters. The lowest BCUT2D eigenvalue weighted by atomic mass is 9.80. The second-order valence-electron chi connectivity index (χ2n) is 4.39. The first kappa shape index (κ1) is 10.4. The molecule has 1 nitrogen and oxygen atoms in total. The normalized spacial score (nSPS) is 19.6. The number of unbranched alkanes of at least 4 members (excludes halogenated alkanes) is 1. The van der Waals surface area contributed by atoms with Crippen LogP contribution in [0.15, 0.2) is 24.3 Å². The highest BCUT2D eigenvalue weighted by atomic mass is 16.1. The van der Waals surface area contributed by atoms with E-state index in [0.29, 0.717) is 5.92 Å². The Hall–Kier alpha value is -1.11. The fourth-order valence-electron chi connectivity index (χ4n) is 2.60. The number of carbonyl (C=O) groups excluding carboxylic acids is 1. The fourth-order valence-corrected chi connectivity index (χ4v) is 2.60. The van der Waals surface area contributed by atoms with Gasteiger partial charge >= 0.3 is 0 Å². The summed E-state index contributed by atoms with van der Waals surface area (Å²) in [5.41, 5.74) is 3.06. The average Bonchev–Trinajstić information content (AvgIpc) is 2.30. The highest BCUT2D eigenvalue weighted by molar-refractivity contribution is 5.49. The molecule has 0 spiro atoms. The van der Waals surface area contributed by atoms with Crippen molar-refractivity contribution in [3.05, 3.63) is 35.4 Å². The number of aryl methyl sites for hydroxylation is 1. The minimum atomic E-state index is 0.704. The molecule has 0 aliphatic heterocycles. The largest absolute Gasteiger partial charge is 0.303 e. The summed E-state index contributed by atoms with van der Waals surface area (Å²) in [5, 5.41) is 0. The zero-order valence-electron chi connectivity index (χ0n) is 9.11. The molecule has 1 heteroatoms. The van der Waals surface area contributed by atoms with Gasteiger partial charge in [-0.15, -0.1) is 0 Å². The molecule has 0 radical (unpaired) electrons. The Morgan fingerprint density at radius 2 is 2.20 bits per heavy atom. The summed E-state index contributed by atoms with van der Waals surface area (Å²) < 4.78 is 0. The van der Waals surface area contributed by atoms with Gasteiger partial charge in [0.2, 0.25) is 0 Å². The summed E-state index contributed by atoms with van der Waals surface area (Å²) >= 11 is 0. The molecule has 1 aromatic carbocycles. The fraction of sp³-hybridized carbons (Fsp3) is 0.500. The predicted molar refractivity (Wildman–Crippen MR) is 62.0 cm³/mol. The number of fused-ring (bicyclic) bond motifs is 1. The van der Waals surface area contributed by atoms with Crippen LogP contribution in [0.4, 0.5) is 0 Å². The molecule has 1 aromatic rings. The van der Waals surface area contributed by atoms with Crippen molar-refractivity contribution in [1.82, 2.24) is 0 Å². The van der Waals surface area contributed by atoms with Gasteiger partial charge in [0, 0.05) is 6.42 Å². The standard InChI is InChI=1S/C14H18O/c15-11-4-3-7-13-9-5-8-12-6-1-2-10-14(12)13/h1-2,6,10-11,13H,3-5,7-9H2. The zero-order valence-corrected chi connectivity index (χ0v) is 9.11. The molecule has 1 atom stereocenters. The van der Waals surface area contributed by atoms with Gasteiger partial charge in [0.1, 0.15) is 6.29 Å². The summed E-state index contributed by atoms with van der Waals surface area (Å²) in [6, 6.07) is 8.78. The molecule has 1 aliphatic rings. The highest BCUT2D eigenvalue weighted by Gasteiger charge is 2.18. The van der Waals surface area contributed by atoms with Gasteiger partial charge < -0.3 is 4.79 Å². The van der Waals surface area contributed by atoms with Crippen molar-refractivity contribution in [2.45, 2.75) is 44.4 Å². The van der Waals surface area contributed by atoms with E-state index in [1.807, 2.05) is 0 Å². The molecule has 0 fully saturated rings. The molecular weight excluding hydrogens is 184 g/mol. The zero-order chi connectivity index (χ0) is 10.5. The molecule has 0 heterocycles. The number of aldehydes is 1. The van der Waals surface area contributed by atoms with Gasteiger partial charge in [0.15, 0.2) is 0 Å². The Morgan fingerprint density at radius 1 is 1.33 bits per heavy atom. The summed E-state index contributed by atoms with van der Waals surface area (Å²) in [4.78, 5) is 10.3. The number of rotatable bonds is 4. The molecule has 15 heavy (non-hydrogen) atoms. The molecule has 2 rings (SSSR count). The molecule has 0 amide bonds. The topological polar surface area (TPSA) is 17.1 Å². The third-order valence-electron chi connectivity index (χ3n) is 3.37. The number of carbonyl (C=O) groups is 1. The molecule has 0 saturated carbocycles. The van der Waals surface area contributed by atoms with E-state index >= 15 is 0 Å². The maximum atomic E-state index is 10.3. The maximum absolute atomic E-state index is 10.3. The highest BCUT2D eigenvalue weighted by Crippen LogP contribution is 2.34. The first-order chi connectivity index (χ1) is 7.42. The van der Waals surface area contributed by atoms with Crippen molar-refractivity contribution >= 4 is 6.29 Å². The molecule has 0 aromatic heterocycles. The first-order valence-electron chi connectivity index (χ1n) is 5.93. The average molecular weight is 202 g/mol.